The van der Waals surface area contributed by atoms with Gasteiger partial charge in [0.25, 0.3) is 0 Å². The maximum Gasteiger partial charge on any atom is 0.125 e. The molecular weight excluding hydrogens is 250 g/mol. The van der Waals surface area contributed by atoms with Gasteiger partial charge in [0.15, 0.2) is 0 Å². The molecule has 0 heterocycles. The van der Waals surface area contributed by atoms with Gasteiger partial charge in [0.1, 0.15) is 18.1 Å². The topological polar surface area (TPSA) is 44.5 Å². The summed E-state index contributed by atoms with van der Waals surface area (Å²) in [6, 6.07) is 12.1. The standard InChI is InChI=1S/C17H21NO2/c1-12-4-7-16(19-3)15(8-12)11-20-17-9-14(10-18)6-5-13(17)2/h4-9H,10-11,18H2,1-3H3. The van der Waals surface area contributed by atoms with Gasteiger partial charge in [0, 0.05) is 12.1 Å². The molecule has 20 heavy (non-hydrogen) atoms. The lowest BCUT2D eigenvalue weighted by molar-refractivity contribution is 0.294. The molecule has 0 atom stereocenters. The number of hydrogen-bond donors (Lipinski definition) is 1. The van der Waals surface area contributed by atoms with Gasteiger partial charge in [-0.25, -0.2) is 0 Å². The first-order valence-electron chi connectivity index (χ1n) is 6.70. The number of benzene rings is 2. The van der Waals surface area contributed by atoms with E-state index in [0.29, 0.717) is 13.2 Å². The van der Waals surface area contributed by atoms with Crippen LogP contribution >= 0.6 is 0 Å². The molecule has 0 unspecified atom stereocenters. The largest absolute Gasteiger partial charge is 0.496 e. The van der Waals surface area contributed by atoms with Gasteiger partial charge in [-0.05, 0) is 43.2 Å². The molecule has 0 fully saturated rings. The molecule has 2 aromatic carbocycles. The highest BCUT2D eigenvalue weighted by atomic mass is 16.5. The molecule has 0 amide bonds. The van der Waals surface area contributed by atoms with E-state index >= 15 is 0 Å². The van der Waals surface area contributed by atoms with E-state index < -0.39 is 0 Å². The van der Waals surface area contributed by atoms with Crippen molar-refractivity contribution >= 4 is 0 Å². The highest BCUT2D eigenvalue weighted by molar-refractivity contribution is 5.39. The molecule has 0 spiro atoms. The second kappa shape index (κ2) is 6.44. The molecule has 3 nitrogen and oxygen atoms in total. The Kier molecular flexibility index (Phi) is 4.64. The zero-order valence-electron chi connectivity index (χ0n) is 12.3. The van der Waals surface area contributed by atoms with Crippen LogP contribution in [0, 0.1) is 13.8 Å². The Balaban J connectivity index is 2.18. The van der Waals surface area contributed by atoms with Gasteiger partial charge < -0.3 is 15.2 Å². The van der Waals surface area contributed by atoms with E-state index in [1.165, 1.54) is 5.56 Å². The van der Waals surface area contributed by atoms with Crippen molar-refractivity contribution in [3.8, 4) is 11.5 Å². The lowest BCUT2D eigenvalue weighted by Gasteiger charge is -2.13. The summed E-state index contributed by atoms with van der Waals surface area (Å²) in [5.74, 6) is 1.72. The summed E-state index contributed by atoms with van der Waals surface area (Å²) in [6.07, 6.45) is 0. The summed E-state index contributed by atoms with van der Waals surface area (Å²) in [7, 11) is 1.68. The number of nitrogens with two attached hydrogens (primary N) is 1. The summed E-state index contributed by atoms with van der Waals surface area (Å²) in [4.78, 5) is 0. The van der Waals surface area contributed by atoms with Crippen molar-refractivity contribution < 1.29 is 9.47 Å². The second-order valence-electron chi connectivity index (χ2n) is 4.91. The molecule has 0 aliphatic rings. The number of rotatable bonds is 5. The van der Waals surface area contributed by atoms with Gasteiger partial charge in [0.2, 0.25) is 0 Å². The van der Waals surface area contributed by atoms with Gasteiger partial charge in [-0.3, -0.25) is 0 Å². The van der Waals surface area contributed by atoms with Crippen LogP contribution in [0.3, 0.4) is 0 Å². The third-order valence-electron chi connectivity index (χ3n) is 3.31. The SMILES string of the molecule is COc1ccc(C)cc1COc1cc(CN)ccc1C. The maximum absolute atomic E-state index is 5.93. The minimum absolute atomic E-state index is 0.486. The lowest BCUT2D eigenvalue weighted by Crippen LogP contribution is -2.02. The third kappa shape index (κ3) is 3.31. The molecule has 0 aromatic heterocycles. The molecular formula is C17H21NO2. The van der Waals surface area contributed by atoms with Crippen LogP contribution < -0.4 is 15.2 Å². The van der Waals surface area contributed by atoms with Crippen LogP contribution in [0.2, 0.25) is 0 Å². The monoisotopic (exact) mass is 271 g/mol. The molecule has 106 valence electrons. The van der Waals surface area contributed by atoms with E-state index in [1.807, 2.05) is 37.3 Å². The Morgan fingerprint density at radius 2 is 1.80 bits per heavy atom. The fourth-order valence-corrected chi connectivity index (χ4v) is 2.10. The molecule has 2 aromatic rings. The van der Waals surface area contributed by atoms with Crippen molar-refractivity contribution in [1.82, 2.24) is 0 Å². The van der Waals surface area contributed by atoms with Crippen molar-refractivity contribution in [2.75, 3.05) is 7.11 Å². The van der Waals surface area contributed by atoms with Crippen molar-refractivity contribution in [2.24, 2.45) is 5.73 Å². The number of methoxy groups -OCH3 is 1. The highest BCUT2D eigenvalue weighted by Crippen LogP contribution is 2.24. The first kappa shape index (κ1) is 14.4. The Labute approximate surface area is 120 Å². The molecule has 0 aliphatic heterocycles. The summed E-state index contributed by atoms with van der Waals surface area (Å²) >= 11 is 0. The molecule has 2 rings (SSSR count). The van der Waals surface area contributed by atoms with Crippen LogP contribution in [0.5, 0.6) is 11.5 Å². The lowest BCUT2D eigenvalue weighted by atomic mass is 10.1. The Bertz CT molecular complexity index is 594. The molecule has 3 heteroatoms. The van der Waals surface area contributed by atoms with Crippen molar-refractivity contribution in [3.05, 3.63) is 58.7 Å². The van der Waals surface area contributed by atoms with Crippen LogP contribution in [0.25, 0.3) is 0 Å². The van der Waals surface area contributed by atoms with Gasteiger partial charge in [-0.15, -0.1) is 0 Å². The van der Waals surface area contributed by atoms with Crippen LogP contribution in [0.15, 0.2) is 36.4 Å². The first-order chi connectivity index (χ1) is 9.63. The average Bonchev–Trinajstić information content (AvgIpc) is 2.46. The number of aryl methyl sites for hydroxylation is 2. The van der Waals surface area contributed by atoms with Gasteiger partial charge in [0.05, 0.1) is 7.11 Å². The van der Waals surface area contributed by atoms with Gasteiger partial charge in [-0.1, -0.05) is 23.8 Å². The smallest absolute Gasteiger partial charge is 0.125 e. The van der Waals surface area contributed by atoms with Crippen LogP contribution in [0.4, 0.5) is 0 Å². The second-order valence-corrected chi connectivity index (χ2v) is 4.91. The van der Waals surface area contributed by atoms with Gasteiger partial charge >= 0.3 is 0 Å². The van der Waals surface area contributed by atoms with Crippen molar-refractivity contribution in [2.45, 2.75) is 27.0 Å². The van der Waals surface area contributed by atoms with E-state index in [0.717, 1.165) is 28.2 Å². The zero-order chi connectivity index (χ0) is 14.5. The molecule has 0 bridgehead atoms. The minimum Gasteiger partial charge on any atom is -0.496 e. The molecule has 0 saturated carbocycles. The maximum atomic E-state index is 5.93. The third-order valence-corrected chi connectivity index (χ3v) is 3.31. The van der Waals surface area contributed by atoms with E-state index in [2.05, 4.69) is 13.0 Å². The zero-order valence-corrected chi connectivity index (χ0v) is 12.3. The van der Waals surface area contributed by atoms with E-state index in [4.69, 9.17) is 15.2 Å². The summed E-state index contributed by atoms with van der Waals surface area (Å²) in [5.41, 5.74) is 10.1. The van der Waals surface area contributed by atoms with Crippen LogP contribution in [0.1, 0.15) is 22.3 Å². The summed E-state index contributed by atoms with van der Waals surface area (Å²) < 4.78 is 11.3. The fraction of sp³-hybridized carbons (Fsp3) is 0.294. The highest BCUT2D eigenvalue weighted by Gasteiger charge is 2.06. The van der Waals surface area contributed by atoms with Gasteiger partial charge in [-0.2, -0.15) is 0 Å². The Morgan fingerprint density at radius 3 is 2.50 bits per heavy atom. The molecule has 0 aliphatic carbocycles. The summed E-state index contributed by atoms with van der Waals surface area (Å²) in [5, 5.41) is 0. The predicted octanol–water partition coefficient (Wildman–Crippen LogP) is 3.35. The van der Waals surface area contributed by atoms with E-state index in [9.17, 15) is 0 Å². The van der Waals surface area contributed by atoms with E-state index in [1.54, 1.807) is 7.11 Å². The normalized spacial score (nSPS) is 10.4. The number of hydrogen-bond acceptors (Lipinski definition) is 3. The molecule has 0 radical (unpaired) electrons. The molecule has 2 N–H and O–H groups in total. The quantitative estimate of drug-likeness (QED) is 0.907. The first-order valence-corrected chi connectivity index (χ1v) is 6.70. The fourth-order valence-electron chi connectivity index (χ4n) is 2.10. The van der Waals surface area contributed by atoms with Crippen molar-refractivity contribution in [3.63, 3.8) is 0 Å². The Hall–Kier alpha value is -2.00. The molecule has 0 saturated heterocycles. The minimum atomic E-state index is 0.486. The van der Waals surface area contributed by atoms with Crippen LogP contribution in [-0.4, -0.2) is 7.11 Å². The van der Waals surface area contributed by atoms with E-state index in [-0.39, 0.29) is 0 Å². The predicted molar refractivity (Wildman–Crippen MR) is 81.1 cm³/mol. The number of ether oxygens (including phenoxy) is 2. The average molecular weight is 271 g/mol. The van der Waals surface area contributed by atoms with Crippen molar-refractivity contribution in [1.29, 1.82) is 0 Å². The Morgan fingerprint density at radius 1 is 1.00 bits per heavy atom. The summed E-state index contributed by atoms with van der Waals surface area (Å²) in [6.45, 7) is 5.09. The van der Waals surface area contributed by atoms with Crippen LogP contribution in [-0.2, 0) is 13.2 Å².